The predicted octanol–water partition coefficient (Wildman–Crippen LogP) is 2.44. The summed E-state index contributed by atoms with van der Waals surface area (Å²) in [7, 11) is 0. The highest BCUT2D eigenvalue weighted by Crippen LogP contribution is 2.81. The minimum Gasteiger partial charge on any atom is -0.0622 e. The Kier molecular flexibility index (Phi) is 0.574. The average Bonchev–Trinajstić information content (AvgIpc) is 2.20. The maximum atomic E-state index is 2.44. The van der Waals surface area contributed by atoms with Crippen molar-refractivity contribution in [3.8, 4) is 0 Å². The molecule has 1 spiro atoms. The molecule has 3 fully saturated rings. The Morgan fingerprint density at radius 1 is 1.44 bits per heavy atom. The van der Waals surface area contributed by atoms with Crippen LogP contribution in [0.5, 0.6) is 0 Å². The Bertz CT molecular complexity index is 155. The van der Waals surface area contributed by atoms with Crippen molar-refractivity contribution in [1.29, 1.82) is 0 Å². The summed E-state index contributed by atoms with van der Waals surface area (Å²) in [5.41, 5.74) is 0.972. The van der Waals surface area contributed by atoms with Gasteiger partial charge < -0.3 is 0 Å². The summed E-state index contributed by atoms with van der Waals surface area (Å²) in [6.07, 6.45) is 6.30. The van der Waals surface area contributed by atoms with Crippen molar-refractivity contribution in [2.45, 2.75) is 32.6 Å². The summed E-state index contributed by atoms with van der Waals surface area (Å²) in [6, 6.07) is 0. The van der Waals surface area contributed by atoms with E-state index in [1.165, 1.54) is 11.8 Å². The molecule has 0 radical (unpaired) electrons. The molecule has 4 atom stereocenters. The summed E-state index contributed by atoms with van der Waals surface area (Å²) in [6.45, 7) is 2.44. The molecule has 0 aromatic heterocycles. The zero-order valence-corrected chi connectivity index (χ0v) is 6.06. The molecule has 0 nitrogen and oxygen atoms in total. The first-order valence-electron chi connectivity index (χ1n) is 4.34. The minimum atomic E-state index is 0.972. The van der Waals surface area contributed by atoms with E-state index in [0.29, 0.717) is 0 Å². The molecule has 0 saturated heterocycles. The zero-order chi connectivity index (χ0) is 6.06. The Labute approximate surface area is 56.6 Å². The van der Waals surface area contributed by atoms with E-state index in [1.807, 2.05) is 0 Å². The lowest BCUT2D eigenvalue weighted by molar-refractivity contribution is 0.185. The fraction of sp³-hybridized carbons (Fsp3) is 1.00. The van der Waals surface area contributed by atoms with Gasteiger partial charge in [-0.05, 0) is 42.4 Å². The van der Waals surface area contributed by atoms with Crippen molar-refractivity contribution in [2.24, 2.45) is 23.2 Å². The lowest BCUT2D eigenvalue weighted by Crippen LogP contribution is -2.22. The van der Waals surface area contributed by atoms with E-state index >= 15 is 0 Å². The molecule has 9 heavy (non-hydrogen) atoms. The first-order chi connectivity index (χ1) is 4.34. The van der Waals surface area contributed by atoms with Gasteiger partial charge in [0, 0.05) is 0 Å². The standard InChI is InChI=1S/C9H14/c1-6-5-9-4-2-3-7(9)8(6)9/h6-8H,2-5H2,1H3. The molecule has 4 unspecified atom stereocenters. The van der Waals surface area contributed by atoms with Crippen molar-refractivity contribution in [3.63, 3.8) is 0 Å². The van der Waals surface area contributed by atoms with Crippen molar-refractivity contribution >= 4 is 0 Å². The third-order valence-corrected chi connectivity index (χ3v) is 4.20. The van der Waals surface area contributed by atoms with Crippen LogP contribution >= 0.6 is 0 Å². The van der Waals surface area contributed by atoms with Gasteiger partial charge in [-0.15, -0.1) is 0 Å². The van der Waals surface area contributed by atoms with E-state index < -0.39 is 0 Å². The average molecular weight is 122 g/mol. The van der Waals surface area contributed by atoms with Crippen LogP contribution in [-0.2, 0) is 0 Å². The first-order valence-corrected chi connectivity index (χ1v) is 4.34. The summed E-state index contributed by atoms with van der Waals surface area (Å²) < 4.78 is 0. The predicted molar refractivity (Wildman–Crippen MR) is 37.0 cm³/mol. The van der Waals surface area contributed by atoms with Crippen LogP contribution < -0.4 is 0 Å². The van der Waals surface area contributed by atoms with Crippen LogP contribution in [0.4, 0.5) is 0 Å². The van der Waals surface area contributed by atoms with Crippen molar-refractivity contribution in [1.82, 2.24) is 0 Å². The third-order valence-electron chi connectivity index (χ3n) is 4.20. The van der Waals surface area contributed by atoms with Crippen LogP contribution in [0, 0.1) is 23.2 Å². The van der Waals surface area contributed by atoms with Crippen molar-refractivity contribution in [2.75, 3.05) is 0 Å². The summed E-state index contributed by atoms with van der Waals surface area (Å²) in [5, 5.41) is 0. The van der Waals surface area contributed by atoms with E-state index in [4.69, 9.17) is 0 Å². The second-order valence-corrected chi connectivity index (χ2v) is 4.44. The van der Waals surface area contributed by atoms with Gasteiger partial charge in [0.05, 0.1) is 0 Å². The van der Waals surface area contributed by atoms with Gasteiger partial charge in [0.25, 0.3) is 0 Å². The Morgan fingerprint density at radius 2 is 2.33 bits per heavy atom. The first kappa shape index (κ1) is 4.76. The van der Waals surface area contributed by atoms with Gasteiger partial charge in [0.15, 0.2) is 0 Å². The maximum absolute atomic E-state index is 2.44. The molecule has 0 bridgehead atoms. The van der Waals surface area contributed by atoms with E-state index in [2.05, 4.69) is 6.92 Å². The van der Waals surface area contributed by atoms with E-state index in [-0.39, 0.29) is 0 Å². The van der Waals surface area contributed by atoms with E-state index in [0.717, 1.165) is 11.3 Å². The second-order valence-electron chi connectivity index (χ2n) is 4.44. The molecule has 0 heteroatoms. The van der Waals surface area contributed by atoms with Gasteiger partial charge in [-0.25, -0.2) is 0 Å². The van der Waals surface area contributed by atoms with E-state index in [9.17, 15) is 0 Å². The van der Waals surface area contributed by atoms with E-state index in [1.54, 1.807) is 25.7 Å². The summed E-state index contributed by atoms with van der Waals surface area (Å²) in [5.74, 6) is 3.54. The van der Waals surface area contributed by atoms with Gasteiger partial charge >= 0.3 is 0 Å². The van der Waals surface area contributed by atoms with Gasteiger partial charge in [-0.1, -0.05) is 13.3 Å². The summed E-state index contributed by atoms with van der Waals surface area (Å²) in [4.78, 5) is 0. The van der Waals surface area contributed by atoms with Crippen LogP contribution in [0.15, 0.2) is 0 Å². The molecule has 0 heterocycles. The molecular weight excluding hydrogens is 108 g/mol. The van der Waals surface area contributed by atoms with Gasteiger partial charge in [-0.2, -0.15) is 0 Å². The highest BCUT2D eigenvalue weighted by atomic mass is 14.8. The van der Waals surface area contributed by atoms with Crippen LogP contribution in [0.3, 0.4) is 0 Å². The lowest BCUT2D eigenvalue weighted by atomic mass is 9.74. The molecule has 0 N–H and O–H groups in total. The normalized spacial score (nSPS) is 68.3. The second kappa shape index (κ2) is 1.09. The quantitative estimate of drug-likeness (QED) is 0.463. The highest BCUT2D eigenvalue weighted by Gasteiger charge is 2.74. The van der Waals surface area contributed by atoms with Crippen LogP contribution in [0.25, 0.3) is 0 Å². The maximum Gasteiger partial charge on any atom is -0.0230 e. The monoisotopic (exact) mass is 122 g/mol. The Balaban J connectivity index is 1.92. The zero-order valence-electron chi connectivity index (χ0n) is 6.06. The molecule has 3 aliphatic rings. The Morgan fingerprint density at radius 3 is 2.89 bits per heavy atom. The molecule has 0 aromatic rings. The number of hydrogen-bond acceptors (Lipinski definition) is 0. The Hall–Kier alpha value is 0. The van der Waals surface area contributed by atoms with Crippen molar-refractivity contribution in [3.05, 3.63) is 0 Å². The largest absolute Gasteiger partial charge is 0.0622 e. The third kappa shape index (κ3) is 0.320. The van der Waals surface area contributed by atoms with Crippen molar-refractivity contribution < 1.29 is 0 Å². The molecule has 3 rings (SSSR count). The van der Waals surface area contributed by atoms with Crippen LogP contribution in [0.2, 0.25) is 0 Å². The fourth-order valence-corrected chi connectivity index (χ4v) is 4.00. The van der Waals surface area contributed by atoms with Gasteiger partial charge in [0.1, 0.15) is 0 Å². The van der Waals surface area contributed by atoms with Crippen LogP contribution in [-0.4, -0.2) is 0 Å². The smallest absolute Gasteiger partial charge is 0.0230 e. The minimum absolute atomic E-state index is 0.972. The molecular formula is C9H14. The number of fused-ring (bicyclic) bond motifs is 1. The summed E-state index contributed by atoms with van der Waals surface area (Å²) >= 11 is 0. The molecule has 0 amide bonds. The lowest BCUT2D eigenvalue weighted by Gasteiger charge is -2.31. The highest BCUT2D eigenvalue weighted by molar-refractivity contribution is 5.22. The SMILES string of the molecule is CC1CC23CCCC2C13. The fourth-order valence-electron chi connectivity index (χ4n) is 4.00. The van der Waals surface area contributed by atoms with Gasteiger partial charge in [-0.3, -0.25) is 0 Å². The number of hydrogen-bond donors (Lipinski definition) is 0. The topological polar surface area (TPSA) is 0 Å². The molecule has 0 aromatic carbocycles. The number of rotatable bonds is 0. The van der Waals surface area contributed by atoms with Crippen LogP contribution in [0.1, 0.15) is 32.6 Å². The molecule has 3 aliphatic carbocycles. The van der Waals surface area contributed by atoms with Gasteiger partial charge in [0.2, 0.25) is 0 Å². The molecule has 3 saturated carbocycles. The molecule has 0 aliphatic heterocycles. The molecule has 50 valence electrons.